The molecule has 1 aromatic carbocycles. The maximum atomic E-state index is 12.4. The van der Waals surface area contributed by atoms with Crippen molar-refractivity contribution < 1.29 is 9.59 Å². The molecule has 1 saturated heterocycles. The van der Waals surface area contributed by atoms with Gasteiger partial charge in [-0.2, -0.15) is 0 Å². The molecule has 0 radical (unpaired) electrons. The Balaban J connectivity index is 1.60. The fraction of sp³-hybridized carbons (Fsp3) is 0.444. The van der Waals surface area contributed by atoms with Crippen LogP contribution in [0.2, 0.25) is 0 Å². The highest BCUT2D eigenvalue weighted by Gasteiger charge is 2.31. The second-order valence-corrected chi connectivity index (χ2v) is 7.36. The largest absolute Gasteiger partial charge is 0.353 e. The molecule has 1 aliphatic rings. The molecule has 1 fully saturated rings. The van der Waals surface area contributed by atoms with Gasteiger partial charge in [-0.05, 0) is 30.9 Å². The van der Waals surface area contributed by atoms with Crippen LogP contribution in [0.25, 0.3) is 0 Å². The van der Waals surface area contributed by atoms with E-state index in [4.69, 9.17) is 0 Å². The zero-order valence-corrected chi connectivity index (χ0v) is 15.8. The van der Waals surface area contributed by atoms with Gasteiger partial charge in [-0.15, -0.1) is 5.10 Å². The molecule has 2 aromatic rings. The third-order valence-electron chi connectivity index (χ3n) is 4.52. The van der Waals surface area contributed by atoms with E-state index in [1.165, 1.54) is 17.1 Å². The number of amides is 2. The van der Waals surface area contributed by atoms with Gasteiger partial charge in [-0.25, -0.2) is 0 Å². The first-order chi connectivity index (χ1) is 12.5. The van der Waals surface area contributed by atoms with Crippen LogP contribution in [0.5, 0.6) is 0 Å². The number of aryl methyl sites for hydroxylation is 2. The molecule has 1 aliphatic heterocycles. The summed E-state index contributed by atoms with van der Waals surface area (Å²) >= 11 is 1.28. The molecule has 0 spiro atoms. The highest BCUT2D eigenvalue weighted by Crippen LogP contribution is 2.15. The number of nitrogens with one attached hydrogen (secondary N) is 2. The van der Waals surface area contributed by atoms with Crippen LogP contribution in [0.15, 0.2) is 24.3 Å². The van der Waals surface area contributed by atoms with Crippen molar-refractivity contribution >= 4 is 23.3 Å². The molecule has 0 aliphatic carbocycles. The third kappa shape index (κ3) is 4.64. The van der Waals surface area contributed by atoms with Gasteiger partial charge in [0.25, 0.3) is 0 Å². The van der Waals surface area contributed by atoms with Crippen LogP contribution in [-0.4, -0.2) is 45.4 Å². The lowest BCUT2D eigenvalue weighted by Crippen LogP contribution is -2.56. The van der Waals surface area contributed by atoms with Gasteiger partial charge in [0.15, 0.2) is 0 Å². The van der Waals surface area contributed by atoms with Crippen LogP contribution in [0.4, 0.5) is 0 Å². The smallest absolute Gasteiger partial charge is 0.237 e. The van der Waals surface area contributed by atoms with Crippen molar-refractivity contribution in [2.24, 2.45) is 0 Å². The van der Waals surface area contributed by atoms with Crippen LogP contribution >= 0.6 is 11.5 Å². The zero-order chi connectivity index (χ0) is 18.5. The van der Waals surface area contributed by atoms with E-state index in [1.54, 1.807) is 0 Å². The first-order valence-corrected chi connectivity index (χ1v) is 9.42. The Morgan fingerprint density at radius 3 is 2.81 bits per heavy atom. The standard InChI is InChI=1S/C18H23N5O2S/c1-12-3-5-14(6-4-12)11-23-8-7-19-18(25)15(23)9-17(24)20-10-16-13(2)21-22-26-16/h3-6,15H,7-11H2,1-2H3,(H,19,25)(H,20,24). The van der Waals surface area contributed by atoms with Gasteiger partial charge in [0.05, 0.1) is 29.6 Å². The third-order valence-corrected chi connectivity index (χ3v) is 5.34. The van der Waals surface area contributed by atoms with Gasteiger partial charge in [-0.3, -0.25) is 14.5 Å². The summed E-state index contributed by atoms with van der Waals surface area (Å²) in [6.07, 6.45) is 0.142. The van der Waals surface area contributed by atoms with Crippen molar-refractivity contribution in [2.45, 2.75) is 39.4 Å². The monoisotopic (exact) mass is 373 g/mol. The summed E-state index contributed by atoms with van der Waals surface area (Å²) in [5.41, 5.74) is 3.17. The molecule has 1 unspecified atom stereocenters. The topological polar surface area (TPSA) is 87.2 Å². The van der Waals surface area contributed by atoms with Crippen molar-refractivity contribution in [3.63, 3.8) is 0 Å². The average Bonchev–Trinajstić information content (AvgIpc) is 3.03. The van der Waals surface area contributed by atoms with Crippen LogP contribution in [0.1, 0.15) is 28.1 Å². The molecule has 138 valence electrons. The quantitative estimate of drug-likeness (QED) is 0.793. The van der Waals surface area contributed by atoms with Gasteiger partial charge < -0.3 is 10.6 Å². The lowest BCUT2D eigenvalue weighted by atomic mass is 10.1. The Morgan fingerprint density at radius 2 is 2.12 bits per heavy atom. The zero-order valence-electron chi connectivity index (χ0n) is 15.0. The average molecular weight is 373 g/mol. The minimum Gasteiger partial charge on any atom is -0.353 e. The van der Waals surface area contributed by atoms with Gasteiger partial charge >= 0.3 is 0 Å². The summed E-state index contributed by atoms with van der Waals surface area (Å²) < 4.78 is 3.86. The molecule has 0 bridgehead atoms. The Hall–Kier alpha value is -2.32. The first kappa shape index (κ1) is 18.5. The SMILES string of the molecule is Cc1ccc(CN2CCNC(=O)C2CC(=O)NCc2snnc2C)cc1. The maximum absolute atomic E-state index is 12.4. The maximum Gasteiger partial charge on any atom is 0.237 e. The highest BCUT2D eigenvalue weighted by atomic mass is 32.1. The Labute approximate surface area is 157 Å². The Morgan fingerprint density at radius 1 is 1.35 bits per heavy atom. The van der Waals surface area contributed by atoms with E-state index in [0.717, 1.165) is 22.7 Å². The van der Waals surface area contributed by atoms with Crippen molar-refractivity contribution in [3.05, 3.63) is 46.0 Å². The molecule has 8 heteroatoms. The number of hydrogen-bond acceptors (Lipinski definition) is 6. The minimum absolute atomic E-state index is 0.0888. The van der Waals surface area contributed by atoms with E-state index in [0.29, 0.717) is 19.6 Å². The Kier molecular flexibility index (Phi) is 5.95. The molecular formula is C18H23N5O2S. The number of aromatic nitrogens is 2. The highest BCUT2D eigenvalue weighted by molar-refractivity contribution is 7.05. The summed E-state index contributed by atoms with van der Waals surface area (Å²) in [6.45, 7) is 6.30. The second-order valence-electron chi connectivity index (χ2n) is 6.53. The molecule has 26 heavy (non-hydrogen) atoms. The summed E-state index contributed by atoms with van der Waals surface area (Å²) in [5, 5.41) is 9.67. The number of benzene rings is 1. The van der Waals surface area contributed by atoms with Gasteiger partial charge in [0.2, 0.25) is 11.8 Å². The number of nitrogens with zero attached hydrogens (tertiary/aromatic N) is 3. The van der Waals surface area contributed by atoms with Crippen molar-refractivity contribution in [2.75, 3.05) is 13.1 Å². The molecule has 3 rings (SSSR count). The van der Waals surface area contributed by atoms with E-state index in [-0.39, 0.29) is 18.2 Å². The second kappa shape index (κ2) is 8.37. The van der Waals surface area contributed by atoms with Crippen LogP contribution in [-0.2, 0) is 22.7 Å². The van der Waals surface area contributed by atoms with Gasteiger partial charge in [0, 0.05) is 19.6 Å². The lowest BCUT2D eigenvalue weighted by molar-refractivity contribution is -0.134. The number of piperazine rings is 1. The lowest BCUT2D eigenvalue weighted by Gasteiger charge is -2.34. The summed E-state index contributed by atoms with van der Waals surface area (Å²) in [7, 11) is 0. The van der Waals surface area contributed by atoms with Crippen LogP contribution in [0, 0.1) is 13.8 Å². The van der Waals surface area contributed by atoms with E-state index in [2.05, 4.69) is 49.4 Å². The molecule has 0 saturated carbocycles. The minimum atomic E-state index is -0.453. The molecular weight excluding hydrogens is 350 g/mol. The van der Waals surface area contributed by atoms with E-state index < -0.39 is 6.04 Å². The van der Waals surface area contributed by atoms with Crippen LogP contribution in [0.3, 0.4) is 0 Å². The predicted octanol–water partition coefficient (Wildman–Crippen LogP) is 1.16. The van der Waals surface area contributed by atoms with Crippen molar-refractivity contribution in [3.8, 4) is 0 Å². The van der Waals surface area contributed by atoms with Crippen LogP contribution < -0.4 is 10.6 Å². The van der Waals surface area contributed by atoms with E-state index >= 15 is 0 Å². The summed E-state index contributed by atoms with van der Waals surface area (Å²) in [5.74, 6) is -0.233. The summed E-state index contributed by atoms with van der Waals surface area (Å²) in [4.78, 5) is 27.7. The summed E-state index contributed by atoms with van der Waals surface area (Å²) in [6, 6.07) is 7.81. The number of hydrogen-bond donors (Lipinski definition) is 2. The van der Waals surface area contributed by atoms with Crippen molar-refractivity contribution in [1.29, 1.82) is 0 Å². The molecule has 2 amide bonds. The van der Waals surface area contributed by atoms with E-state index in [1.807, 2.05) is 13.8 Å². The van der Waals surface area contributed by atoms with E-state index in [9.17, 15) is 9.59 Å². The number of rotatable bonds is 6. The normalized spacial score (nSPS) is 17.8. The molecule has 7 nitrogen and oxygen atoms in total. The number of carbonyl (C=O) groups is 2. The molecule has 1 atom stereocenters. The van der Waals surface area contributed by atoms with Gasteiger partial charge in [0.1, 0.15) is 0 Å². The number of carbonyl (C=O) groups excluding carboxylic acids is 2. The first-order valence-electron chi connectivity index (χ1n) is 8.65. The molecule has 2 N–H and O–H groups in total. The fourth-order valence-electron chi connectivity index (χ4n) is 2.94. The van der Waals surface area contributed by atoms with Crippen molar-refractivity contribution in [1.82, 2.24) is 25.1 Å². The molecule has 2 heterocycles. The Bertz CT molecular complexity index is 774. The predicted molar refractivity (Wildman–Crippen MR) is 99.5 cm³/mol. The molecule has 1 aromatic heterocycles. The fourth-order valence-corrected chi connectivity index (χ4v) is 3.51. The van der Waals surface area contributed by atoms with Gasteiger partial charge in [-0.1, -0.05) is 34.3 Å².